The third kappa shape index (κ3) is 2.34. The van der Waals surface area contributed by atoms with E-state index in [1.54, 1.807) is 0 Å². The van der Waals surface area contributed by atoms with Gasteiger partial charge in [-0.3, -0.25) is 4.79 Å². The minimum absolute atomic E-state index is 0.232. The van der Waals surface area contributed by atoms with E-state index in [0.717, 1.165) is 37.0 Å². The first-order valence-electron chi connectivity index (χ1n) is 7.69. The molecular formula is C16H25NO. The van der Waals surface area contributed by atoms with Crippen LogP contribution in [0.1, 0.15) is 51.9 Å². The molecule has 3 aliphatic rings. The van der Waals surface area contributed by atoms with Crippen molar-refractivity contribution in [3.05, 3.63) is 12.2 Å². The smallest absolute Gasteiger partial charge is 0.223 e. The van der Waals surface area contributed by atoms with Gasteiger partial charge in [-0.25, -0.2) is 0 Å². The van der Waals surface area contributed by atoms with Crippen LogP contribution < -0.4 is 5.32 Å². The Kier molecular flexibility index (Phi) is 3.45. The van der Waals surface area contributed by atoms with Crippen LogP contribution in [0.5, 0.6) is 0 Å². The van der Waals surface area contributed by atoms with E-state index in [9.17, 15) is 4.79 Å². The number of fused-ring (bicyclic) bond motifs is 2. The second kappa shape index (κ2) is 5.07. The Morgan fingerprint density at radius 1 is 1.22 bits per heavy atom. The van der Waals surface area contributed by atoms with Gasteiger partial charge in [0.05, 0.1) is 0 Å². The summed E-state index contributed by atoms with van der Waals surface area (Å²) in [5.74, 6) is 3.16. The molecular weight excluding hydrogens is 222 g/mol. The fourth-order valence-corrected chi connectivity index (χ4v) is 4.39. The standard InChI is InChI=1S/C16H25NO/c1-11(15-10-12-7-8-14(15)9-12)17-16(18)13-5-3-2-4-6-13/h2-3,11-15H,4-10H2,1H3,(H,17,18). The molecule has 1 amide bonds. The van der Waals surface area contributed by atoms with Crippen molar-refractivity contribution in [1.82, 2.24) is 5.32 Å². The van der Waals surface area contributed by atoms with Gasteiger partial charge in [0, 0.05) is 12.0 Å². The van der Waals surface area contributed by atoms with Crippen LogP contribution in [0.25, 0.3) is 0 Å². The van der Waals surface area contributed by atoms with Gasteiger partial charge in [0.1, 0.15) is 0 Å². The zero-order chi connectivity index (χ0) is 12.5. The number of allylic oxidation sites excluding steroid dienone is 2. The van der Waals surface area contributed by atoms with Crippen molar-refractivity contribution < 1.29 is 4.79 Å². The third-order valence-corrected chi connectivity index (χ3v) is 5.44. The predicted octanol–water partition coefficient (Wildman–Crippen LogP) is 3.28. The second-order valence-corrected chi connectivity index (χ2v) is 6.62. The molecule has 1 N–H and O–H groups in total. The zero-order valence-corrected chi connectivity index (χ0v) is 11.4. The summed E-state index contributed by atoms with van der Waals surface area (Å²) in [6.07, 6.45) is 13.0. The maximum absolute atomic E-state index is 12.2. The molecule has 2 saturated carbocycles. The highest BCUT2D eigenvalue weighted by molar-refractivity contribution is 5.79. The maximum Gasteiger partial charge on any atom is 0.223 e. The van der Waals surface area contributed by atoms with Gasteiger partial charge in [0.15, 0.2) is 0 Å². The molecule has 2 nitrogen and oxygen atoms in total. The second-order valence-electron chi connectivity index (χ2n) is 6.62. The van der Waals surface area contributed by atoms with Gasteiger partial charge < -0.3 is 5.32 Å². The highest BCUT2D eigenvalue weighted by Crippen LogP contribution is 2.49. The van der Waals surface area contributed by atoms with E-state index in [-0.39, 0.29) is 5.92 Å². The summed E-state index contributed by atoms with van der Waals surface area (Å²) < 4.78 is 0. The Labute approximate surface area is 110 Å². The Morgan fingerprint density at radius 2 is 2.11 bits per heavy atom. The van der Waals surface area contributed by atoms with Gasteiger partial charge in [-0.05, 0) is 63.2 Å². The Balaban J connectivity index is 1.52. The monoisotopic (exact) mass is 247 g/mol. The van der Waals surface area contributed by atoms with Crippen molar-refractivity contribution in [1.29, 1.82) is 0 Å². The van der Waals surface area contributed by atoms with Crippen LogP contribution in [0.3, 0.4) is 0 Å². The van der Waals surface area contributed by atoms with Crippen molar-refractivity contribution >= 4 is 5.91 Å². The first-order chi connectivity index (χ1) is 8.74. The molecule has 3 aliphatic carbocycles. The molecule has 2 heteroatoms. The lowest BCUT2D eigenvalue weighted by atomic mass is 9.83. The zero-order valence-electron chi connectivity index (χ0n) is 11.4. The summed E-state index contributed by atoms with van der Waals surface area (Å²) >= 11 is 0. The van der Waals surface area contributed by atoms with E-state index in [1.165, 1.54) is 25.7 Å². The van der Waals surface area contributed by atoms with Crippen LogP contribution in [0.4, 0.5) is 0 Å². The largest absolute Gasteiger partial charge is 0.353 e. The van der Waals surface area contributed by atoms with Gasteiger partial charge in [-0.15, -0.1) is 0 Å². The normalized spacial score (nSPS) is 39.8. The predicted molar refractivity (Wildman–Crippen MR) is 73.0 cm³/mol. The molecule has 0 saturated heterocycles. The number of amides is 1. The number of carbonyl (C=O) groups excluding carboxylic acids is 1. The van der Waals surface area contributed by atoms with Gasteiger partial charge in [0.25, 0.3) is 0 Å². The number of hydrogen-bond acceptors (Lipinski definition) is 1. The average molecular weight is 247 g/mol. The molecule has 18 heavy (non-hydrogen) atoms. The number of carbonyl (C=O) groups is 1. The molecule has 0 spiro atoms. The highest BCUT2D eigenvalue weighted by Gasteiger charge is 2.42. The van der Waals surface area contributed by atoms with Gasteiger partial charge in [-0.1, -0.05) is 18.6 Å². The number of rotatable bonds is 3. The molecule has 0 radical (unpaired) electrons. The SMILES string of the molecule is CC(NC(=O)C1CC=CCC1)C1CC2CCC1C2. The van der Waals surface area contributed by atoms with E-state index >= 15 is 0 Å². The quantitative estimate of drug-likeness (QED) is 0.762. The van der Waals surface area contributed by atoms with Gasteiger partial charge in [-0.2, -0.15) is 0 Å². The summed E-state index contributed by atoms with van der Waals surface area (Å²) in [6, 6.07) is 0.388. The molecule has 2 bridgehead atoms. The van der Waals surface area contributed by atoms with Crippen LogP contribution in [-0.2, 0) is 4.79 Å². The molecule has 0 aromatic heterocycles. The van der Waals surface area contributed by atoms with Crippen LogP contribution in [-0.4, -0.2) is 11.9 Å². The van der Waals surface area contributed by atoms with E-state index in [0.29, 0.717) is 11.9 Å². The highest BCUT2D eigenvalue weighted by atomic mass is 16.1. The van der Waals surface area contributed by atoms with E-state index in [1.807, 2.05) is 0 Å². The maximum atomic E-state index is 12.2. The van der Waals surface area contributed by atoms with Crippen molar-refractivity contribution in [3.63, 3.8) is 0 Å². The van der Waals surface area contributed by atoms with E-state index < -0.39 is 0 Å². The van der Waals surface area contributed by atoms with Crippen LogP contribution in [0.15, 0.2) is 12.2 Å². The summed E-state index contributed by atoms with van der Waals surface area (Å²) in [5.41, 5.74) is 0. The average Bonchev–Trinajstić information content (AvgIpc) is 3.02. The minimum atomic E-state index is 0.232. The minimum Gasteiger partial charge on any atom is -0.353 e. The molecule has 0 aliphatic heterocycles. The number of hydrogen-bond donors (Lipinski definition) is 1. The van der Waals surface area contributed by atoms with Gasteiger partial charge >= 0.3 is 0 Å². The molecule has 0 aromatic rings. The summed E-state index contributed by atoms with van der Waals surface area (Å²) in [5, 5.41) is 3.30. The molecule has 3 rings (SSSR count). The first-order valence-corrected chi connectivity index (χ1v) is 7.69. The summed E-state index contributed by atoms with van der Waals surface area (Å²) in [6.45, 7) is 2.22. The number of nitrogens with one attached hydrogen (secondary N) is 1. The van der Waals surface area contributed by atoms with Crippen molar-refractivity contribution in [3.8, 4) is 0 Å². The lowest BCUT2D eigenvalue weighted by Gasteiger charge is -2.30. The summed E-state index contributed by atoms with van der Waals surface area (Å²) in [7, 11) is 0. The third-order valence-electron chi connectivity index (χ3n) is 5.44. The van der Waals surface area contributed by atoms with Gasteiger partial charge in [0.2, 0.25) is 5.91 Å². The Bertz CT molecular complexity index is 349. The Morgan fingerprint density at radius 3 is 2.72 bits per heavy atom. The van der Waals surface area contributed by atoms with Crippen LogP contribution in [0, 0.1) is 23.7 Å². The lowest BCUT2D eigenvalue weighted by Crippen LogP contribution is -2.43. The summed E-state index contributed by atoms with van der Waals surface area (Å²) in [4.78, 5) is 12.2. The molecule has 2 fully saturated rings. The van der Waals surface area contributed by atoms with Crippen molar-refractivity contribution in [2.24, 2.45) is 23.7 Å². The van der Waals surface area contributed by atoms with Crippen molar-refractivity contribution in [2.45, 2.75) is 57.9 Å². The van der Waals surface area contributed by atoms with Crippen molar-refractivity contribution in [2.75, 3.05) is 0 Å². The molecule has 100 valence electrons. The lowest BCUT2D eigenvalue weighted by molar-refractivity contribution is -0.126. The van der Waals surface area contributed by atoms with E-state index in [4.69, 9.17) is 0 Å². The Hall–Kier alpha value is -0.790. The molecule has 5 atom stereocenters. The van der Waals surface area contributed by atoms with Crippen LogP contribution >= 0.6 is 0 Å². The first kappa shape index (κ1) is 12.3. The topological polar surface area (TPSA) is 29.1 Å². The fraction of sp³-hybridized carbons (Fsp3) is 0.812. The van der Waals surface area contributed by atoms with E-state index in [2.05, 4.69) is 24.4 Å². The van der Waals surface area contributed by atoms with Crippen LogP contribution in [0.2, 0.25) is 0 Å². The molecule has 0 aromatic carbocycles. The molecule has 0 heterocycles. The fourth-order valence-electron chi connectivity index (χ4n) is 4.39. The molecule has 5 unspecified atom stereocenters.